The molecule has 0 aromatic carbocycles. The zero-order valence-electron chi connectivity index (χ0n) is 5.22. The van der Waals surface area contributed by atoms with E-state index in [1.807, 2.05) is 0 Å². The van der Waals surface area contributed by atoms with E-state index in [1.165, 1.54) is 0 Å². The molecule has 1 aromatic rings. The normalized spacial score (nSPS) is 9.60. The molecule has 0 aliphatic carbocycles. The molecule has 0 radical (unpaired) electrons. The highest BCUT2D eigenvalue weighted by atomic mass is 16.4. The molecule has 4 nitrogen and oxygen atoms in total. The van der Waals surface area contributed by atoms with Crippen LogP contribution in [0.15, 0.2) is 0 Å². The van der Waals surface area contributed by atoms with Gasteiger partial charge in [-0.3, -0.25) is 5.10 Å². The van der Waals surface area contributed by atoms with Crippen LogP contribution < -0.4 is 10.6 Å². The van der Waals surface area contributed by atoms with Gasteiger partial charge in [0.2, 0.25) is 0 Å². The lowest BCUT2D eigenvalue weighted by Crippen LogP contribution is -2.23. The molecule has 0 amide bonds. The van der Waals surface area contributed by atoms with Gasteiger partial charge in [-0.25, -0.2) is 4.79 Å². The summed E-state index contributed by atoms with van der Waals surface area (Å²) in [5.41, 5.74) is -0.0648. The lowest BCUT2D eigenvalue weighted by Gasteiger charge is -1.79. The second-order valence-corrected chi connectivity index (χ2v) is 1.83. The molecule has 0 aliphatic rings. The van der Waals surface area contributed by atoms with Crippen LogP contribution in [-0.4, -0.2) is 21.3 Å². The minimum absolute atomic E-state index is 0.0648. The molecular formula is C6H6N2O2. The van der Waals surface area contributed by atoms with Crippen LogP contribution in [0.5, 0.6) is 0 Å². The fourth-order valence-corrected chi connectivity index (χ4v) is 0.578. The van der Waals surface area contributed by atoms with Gasteiger partial charge in [0, 0.05) is 5.22 Å². The van der Waals surface area contributed by atoms with E-state index in [4.69, 9.17) is 5.11 Å². The summed E-state index contributed by atoms with van der Waals surface area (Å²) in [5, 5.41) is 15.1. The monoisotopic (exact) mass is 138 g/mol. The van der Waals surface area contributed by atoms with Gasteiger partial charge in [-0.05, 0) is 0 Å². The first-order valence-electron chi connectivity index (χ1n) is 2.58. The predicted molar refractivity (Wildman–Crippen MR) is 35.8 cm³/mol. The van der Waals surface area contributed by atoms with Crippen molar-refractivity contribution in [1.82, 2.24) is 10.2 Å². The van der Waals surface area contributed by atoms with Crippen LogP contribution in [0.4, 0.5) is 0 Å². The summed E-state index contributed by atoms with van der Waals surface area (Å²) in [5.74, 6) is -1.09. The predicted octanol–water partition coefficient (Wildman–Crippen LogP) is -1.07. The number of rotatable bonds is 1. The zero-order chi connectivity index (χ0) is 7.72. The van der Waals surface area contributed by atoms with Crippen molar-refractivity contribution in [3.63, 3.8) is 0 Å². The first kappa shape index (κ1) is 6.54. The number of nitrogens with zero attached hydrogens (tertiary/aromatic N) is 1. The highest BCUT2D eigenvalue weighted by Gasteiger charge is 2.05. The van der Waals surface area contributed by atoms with Crippen molar-refractivity contribution in [2.75, 3.05) is 0 Å². The van der Waals surface area contributed by atoms with E-state index >= 15 is 0 Å². The molecule has 0 saturated heterocycles. The van der Waals surface area contributed by atoms with Gasteiger partial charge < -0.3 is 5.11 Å². The van der Waals surface area contributed by atoms with Gasteiger partial charge >= 0.3 is 5.97 Å². The molecule has 0 atom stereocenters. The van der Waals surface area contributed by atoms with E-state index in [9.17, 15) is 4.79 Å². The Labute approximate surface area is 56.5 Å². The number of hydrogen-bond acceptors (Lipinski definition) is 2. The maximum absolute atomic E-state index is 10.3. The molecule has 0 bridgehead atoms. The summed E-state index contributed by atoms with van der Waals surface area (Å²) < 4.78 is 0. The zero-order valence-corrected chi connectivity index (χ0v) is 5.22. The number of hydrogen-bond donors (Lipinski definition) is 2. The van der Waals surface area contributed by atoms with Gasteiger partial charge in [-0.2, -0.15) is 5.10 Å². The number of carbonyl (C=O) groups is 1. The molecule has 0 aliphatic heterocycles. The molecule has 0 unspecified atom stereocenters. The Kier molecular flexibility index (Phi) is 1.30. The fraction of sp³-hybridized carbons (Fsp3) is 0. The van der Waals surface area contributed by atoms with E-state index < -0.39 is 5.97 Å². The molecule has 0 fully saturated rings. The first-order chi connectivity index (χ1) is 4.63. The van der Waals surface area contributed by atoms with Crippen LogP contribution in [0, 0.1) is 0 Å². The van der Waals surface area contributed by atoms with Crippen LogP contribution in [0.25, 0.3) is 13.2 Å². The standard InChI is InChI=1S/C6H6N2O2/c1-3-4(2)7-8-5(3)6(9)10/h7H,1-2H2,(H,9,10). The van der Waals surface area contributed by atoms with Crippen molar-refractivity contribution in [2.45, 2.75) is 0 Å². The molecule has 10 heavy (non-hydrogen) atoms. The summed E-state index contributed by atoms with van der Waals surface area (Å²) in [6.45, 7) is 6.94. The van der Waals surface area contributed by atoms with Crippen molar-refractivity contribution < 1.29 is 9.90 Å². The quantitative estimate of drug-likeness (QED) is 0.519. The van der Waals surface area contributed by atoms with E-state index in [2.05, 4.69) is 23.4 Å². The minimum Gasteiger partial charge on any atom is -0.476 e. The van der Waals surface area contributed by atoms with Crippen molar-refractivity contribution in [3.05, 3.63) is 16.3 Å². The molecule has 1 aromatic heterocycles. The molecule has 1 heterocycles. The maximum Gasteiger partial charge on any atom is 0.357 e. The second kappa shape index (κ2) is 1.98. The number of aromatic carboxylic acids is 1. The topological polar surface area (TPSA) is 66.0 Å². The highest BCUT2D eigenvalue weighted by molar-refractivity contribution is 5.85. The van der Waals surface area contributed by atoms with Gasteiger partial charge in [0.05, 0.1) is 5.35 Å². The Morgan fingerprint density at radius 2 is 2.20 bits per heavy atom. The molecule has 2 N–H and O–H groups in total. The summed E-state index contributed by atoms with van der Waals surface area (Å²) in [4.78, 5) is 10.3. The fourth-order valence-electron chi connectivity index (χ4n) is 0.578. The molecule has 0 saturated carbocycles. The Balaban J connectivity index is 3.46. The average molecular weight is 138 g/mol. The average Bonchev–Trinajstić information content (AvgIpc) is 2.14. The molecule has 4 heteroatoms. The Morgan fingerprint density at radius 1 is 1.60 bits per heavy atom. The molecular weight excluding hydrogens is 132 g/mol. The van der Waals surface area contributed by atoms with Crippen molar-refractivity contribution in [1.29, 1.82) is 0 Å². The Morgan fingerprint density at radius 3 is 2.40 bits per heavy atom. The molecule has 52 valence electrons. The van der Waals surface area contributed by atoms with E-state index in [-0.39, 0.29) is 5.69 Å². The Hall–Kier alpha value is -1.58. The third kappa shape index (κ3) is 0.793. The lowest BCUT2D eigenvalue weighted by molar-refractivity contribution is 0.0689. The van der Waals surface area contributed by atoms with Gasteiger partial charge in [0.1, 0.15) is 0 Å². The first-order valence-corrected chi connectivity index (χ1v) is 2.58. The number of aromatic nitrogens is 2. The van der Waals surface area contributed by atoms with Crippen LogP contribution in [0.1, 0.15) is 10.5 Å². The summed E-state index contributed by atoms with van der Waals surface area (Å²) in [6.07, 6.45) is 0. The van der Waals surface area contributed by atoms with E-state index in [0.717, 1.165) is 0 Å². The third-order valence-corrected chi connectivity index (χ3v) is 1.16. The van der Waals surface area contributed by atoms with Crippen molar-refractivity contribution >= 4 is 19.1 Å². The number of aromatic amines is 1. The van der Waals surface area contributed by atoms with Crippen molar-refractivity contribution in [2.24, 2.45) is 0 Å². The number of carboxylic acids is 1. The smallest absolute Gasteiger partial charge is 0.357 e. The number of nitrogens with one attached hydrogen (secondary N) is 1. The SMILES string of the molecule is C=c1[nH]nc(C(=O)O)c1=C. The number of carboxylic acid groups (broad SMARTS) is 1. The lowest BCUT2D eigenvalue weighted by atomic mass is 10.3. The molecule has 1 rings (SSSR count). The van der Waals surface area contributed by atoms with Crippen LogP contribution in [0.2, 0.25) is 0 Å². The van der Waals surface area contributed by atoms with Gasteiger partial charge in [0.15, 0.2) is 5.69 Å². The van der Waals surface area contributed by atoms with Gasteiger partial charge in [0.25, 0.3) is 0 Å². The van der Waals surface area contributed by atoms with Crippen LogP contribution >= 0.6 is 0 Å². The summed E-state index contributed by atoms with van der Waals surface area (Å²) in [7, 11) is 0. The van der Waals surface area contributed by atoms with E-state index in [0.29, 0.717) is 10.6 Å². The van der Waals surface area contributed by atoms with Gasteiger partial charge in [-0.1, -0.05) is 13.2 Å². The minimum atomic E-state index is -1.09. The van der Waals surface area contributed by atoms with Gasteiger partial charge in [-0.15, -0.1) is 0 Å². The summed E-state index contributed by atoms with van der Waals surface area (Å²) in [6, 6.07) is 0. The highest BCUT2D eigenvalue weighted by Crippen LogP contribution is 1.76. The second-order valence-electron chi connectivity index (χ2n) is 1.83. The Bertz CT molecular complexity index is 352. The maximum atomic E-state index is 10.3. The van der Waals surface area contributed by atoms with Crippen LogP contribution in [-0.2, 0) is 0 Å². The summed E-state index contributed by atoms with van der Waals surface area (Å²) >= 11 is 0. The van der Waals surface area contributed by atoms with Crippen LogP contribution in [0.3, 0.4) is 0 Å². The van der Waals surface area contributed by atoms with Crippen molar-refractivity contribution in [3.8, 4) is 0 Å². The number of H-pyrrole nitrogens is 1. The molecule has 0 spiro atoms. The van der Waals surface area contributed by atoms with E-state index in [1.54, 1.807) is 0 Å². The third-order valence-electron chi connectivity index (χ3n) is 1.16. The largest absolute Gasteiger partial charge is 0.476 e.